The monoisotopic (exact) mass is 651 g/mol. The van der Waals surface area contributed by atoms with E-state index in [4.69, 9.17) is 19.4 Å². The number of hydrogen-bond donors (Lipinski definition) is 0. The number of furan rings is 1. The van der Waals surface area contributed by atoms with Crippen LogP contribution in [0, 0.1) is 0 Å². The summed E-state index contributed by atoms with van der Waals surface area (Å²) in [5, 5.41) is 6.50. The van der Waals surface area contributed by atoms with Crippen LogP contribution in [0.3, 0.4) is 0 Å². The molecular weight excluding hydrogens is 623 g/mol. The van der Waals surface area contributed by atoms with Crippen molar-refractivity contribution >= 4 is 43.5 Å². The summed E-state index contributed by atoms with van der Waals surface area (Å²) in [6.07, 6.45) is 0. The van der Waals surface area contributed by atoms with Gasteiger partial charge in [0.1, 0.15) is 11.2 Å². The molecule has 238 valence electrons. The van der Waals surface area contributed by atoms with Crippen LogP contribution in [0.1, 0.15) is 0 Å². The molecule has 4 heteroatoms. The van der Waals surface area contributed by atoms with Crippen LogP contribution in [0.5, 0.6) is 0 Å². The number of para-hydroxylation sites is 2. The first-order valence-corrected chi connectivity index (χ1v) is 17.1. The molecule has 10 aromatic rings. The molecule has 51 heavy (non-hydrogen) atoms. The van der Waals surface area contributed by atoms with Crippen molar-refractivity contribution in [1.82, 2.24) is 15.0 Å². The van der Waals surface area contributed by atoms with Crippen LogP contribution in [0.2, 0.25) is 0 Å². The Balaban J connectivity index is 1.30. The van der Waals surface area contributed by atoms with Crippen molar-refractivity contribution in [3.63, 3.8) is 0 Å². The summed E-state index contributed by atoms with van der Waals surface area (Å²) in [7, 11) is 0. The highest BCUT2D eigenvalue weighted by molar-refractivity contribution is 6.10. The molecule has 0 aliphatic rings. The van der Waals surface area contributed by atoms with E-state index in [-0.39, 0.29) is 0 Å². The maximum absolute atomic E-state index is 6.53. The van der Waals surface area contributed by atoms with Gasteiger partial charge in [-0.15, -0.1) is 0 Å². The average molecular weight is 652 g/mol. The van der Waals surface area contributed by atoms with Crippen LogP contribution in [0.4, 0.5) is 0 Å². The van der Waals surface area contributed by atoms with E-state index >= 15 is 0 Å². The van der Waals surface area contributed by atoms with Crippen molar-refractivity contribution in [3.8, 4) is 56.4 Å². The summed E-state index contributed by atoms with van der Waals surface area (Å²) in [5.74, 6) is 1.77. The quantitative estimate of drug-likeness (QED) is 0.186. The molecule has 0 aliphatic carbocycles. The second-order valence-electron chi connectivity index (χ2n) is 12.7. The van der Waals surface area contributed by atoms with Crippen LogP contribution in [-0.2, 0) is 0 Å². The Labute approximate surface area is 294 Å². The van der Waals surface area contributed by atoms with Crippen LogP contribution in [-0.4, -0.2) is 15.0 Å². The maximum atomic E-state index is 6.53. The minimum Gasteiger partial charge on any atom is -0.455 e. The topological polar surface area (TPSA) is 51.8 Å². The van der Waals surface area contributed by atoms with Crippen molar-refractivity contribution in [3.05, 3.63) is 176 Å². The molecule has 0 N–H and O–H groups in total. The summed E-state index contributed by atoms with van der Waals surface area (Å²) in [4.78, 5) is 15.9. The van der Waals surface area contributed by atoms with Crippen LogP contribution >= 0.6 is 0 Å². The van der Waals surface area contributed by atoms with Crippen molar-refractivity contribution in [2.45, 2.75) is 0 Å². The molecule has 0 unspecified atom stereocenters. The largest absolute Gasteiger partial charge is 0.455 e. The van der Waals surface area contributed by atoms with Gasteiger partial charge >= 0.3 is 0 Å². The Hall–Kier alpha value is -6.91. The minimum absolute atomic E-state index is 0.558. The van der Waals surface area contributed by atoms with Crippen molar-refractivity contribution in [1.29, 1.82) is 0 Å². The Kier molecular flexibility index (Phi) is 6.78. The van der Waals surface area contributed by atoms with E-state index in [1.165, 1.54) is 0 Å². The molecule has 0 aliphatic heterocycles. The van der Waals surface area contributed by atoms with Gasteiger partial charge in [0.15, 0.2) is 17.5 Å². The van der Waals surface area contributed by atoms with Gasteiger partial charge in [0.2, 0.25) is 0 Å². The van der Waals surface area contributed by atoms with Gasteiger partial charge in [-0.2, -0.15) is 0 Å². The van der Waals surface area contributed by atoms with E-state index in [0.717, 1.165) is 82.4 Å². The van der Waals surface area contributed by atoms with Crippen LogP contribution < -0.4 is 0 Å². The Morgan fingerprint density at radius 1 is 0.314 bits per heavy atom. The molecule has 0 saturated carbocycles. The van der Waals surface area contributed by atoms with Gasteiger partial charge in [0.05, 0.1) is 5.56 Å². The van der Waals surface area contributed by atoms with E-state index in [9.17, 15) is 0 Å². The SMILES string of the molecule is c1ccc(-c2ccc3ccccc3c2-c2nc(-c3ccc(-c4ccccc4)c4ccccc34)nc(-c3cccc4c3oc3ccccc34)n2)cc1. The number of hydrogen-bond acceptors (Lipinski definition) is 4. The first-order valence-electron chi connectivity index (χ1n) is 17.1. The van der Waals surface area contributed by atoms with Gasteiger partial charge < -0.3 is 4.42 Å². The molecule has 2 aromatic heterocycles. The highest BCUT2D eigenvalue weighted by Gasteiger charge is 2.22. The van der Waals surface area contributed by atoms with Gasteiger partial charge in [0, 0.05) is 21.9 Å². The average Bonchev–Trinajstić information content (AvgIpc) is 3.59. The predicted octanol–water partition coefficient (Wildman–Crippen LogP) is 12.4. The molecule has 10 rings (SSSR count). The smallest absolute Gasteiger partial charge is 0.167 e. The number of rotatable bonds is 5. The lowest BCUT2D eigenvalue weighted by Crippen LogP contribution is -2.02. The summed E-state index contributed by atoms with van der Waals surface area (Å²) in [6.45, 7) is 0. The first kappa shape index (κ1) is 29.0. The molecule has 4 nitrogen and oxygen atoms in total. The number of benzene rings is 8. The molecule has 0 fully saturated rings. The van der Waals surface area contributed by atoms with Gasteiger partial charge in [-0.1, -0.05) is 158 Å². The van der Waals surface area contributed by atoms with E-state index in [1.807, 2.05) is 36.4 Å². The Morgan fingerprint density at radius 3 is 1.61 bits per heavy atom. The second-order valence-corrected chi connectivity index (χ2v) is 12.7. The van der Waals surface area contributed by atoms with Crippen molar-refractivity contribution in [2.75, 3.05) is 0 Å². The molecule has 0 bridgehead atoms. The molecule has 0 atom stereocenters. The zero-order chi connectivity index (χ0) is 33.7. The zero-order valence-corrected chi connectivity index (χ0v) is 27.5. The zero-order valence-electron chi connectivity index (χ0n) is 27.5. The number of nitrogens with zero attached hydrogens (tertiary/aromatic N) is 3. The fourth-order valence-corrected chi connectivity index (χ4v) is 7.39. The minimum atomic E-state index is 0.558. The summed E-state index contributed by atoms with van der Waals surface area (Å²) >= 11 is 0. The van der Waals surface area contributed by atoms with Gasteiger partial charge in [-0.05, 0) is 62.0 Å². The summed E-state index contributed by atoms with van der Waals surface area (Å²) in [5.41, 5.74) is 8.79. The molecule has 0 spiro atoms. The van der Waals surface area contributed by atoms with E-state index in [2.05, 4.69) is 140 Å². The molecule has 0 radical (unpaired) electrons. The van der Waals surface area contributed by atoms with E-state index in [1.54, 1.807) is 0 Å². The van der Waals surface area contributed by atoms with Crippen molar-refractivity contribution < 1.29 is 4.42 Å². The number of fused-ring (bicyclic) bond motifs is 5. The van der Waals surface area contributed by atoms with Gasteiger partial charge in [-0.3, -0.25) is 0 Å². The lowest BCUT2D eigenvalue weighted by molar-refractivity contribution is 0.669. The summed E-state index contributed by atoms with van der Waals surface area (Å²) < 4.78 is 6.53. The van der Waals surface area contributed by atoms with E-state index in [0.29, 0.717) is 17.5 Å². The molecular formula is C47H29N3O. The van der Waals surface area contributed by atoms with Crippen LogP contribution in [0.15, 0.2) is 180 Å². The fourth-order valence-electron chi connectivity index (χ4n) is 7.39. The Bertz CT molecular complexity index is 2910. The third kappa shape index (κ3) is 4.88. The maximum Gasteiger partial charge on any atom is 0.167 e. The third-order valence-corrected chi connectivity index (χ3v) is 9.77. The fraction of sp³-hybridized carbons (Fsp3) is 0. The lowest BCUT2D eigenvalue weighted by atomic mass is 9.93. The van der Waals surface area contributed by atoms with Gasteiger partial charge in [-0.25, -0.2) is 15.0 Å². The van der Waals surface area contributed by atoms with Crippen LogP contribution in [0.25, 0.3) is 99.9 Å². The standard InChI is InChI=1S/C47H29N3O/c1-3-14-30(15-4-1)33-28-29-40(37-21-10-9-20-36(33)37)45-48-46(41-24-13-23-39-38-22-11-12-25-42(38)51-44(39)41)50-47(49-45)43-34-19-8-7-18-32(34)26-27-35(43)31-16-5-2-6-17-31/h1-29H. The normalized spacial score (nSPS) is 11.5. The lowest BCUT2D eigenvalue weighted by Gasteiger charge is -2.16. The molecule has 0 saturated heterocycles. The van der Waals surface area contributed by atoms with E-state index < -0.39 is 0 Å². The van der Waals surface area contributed by atoms with Gasteiger partial charge in [0.25, 0.3) is 0 Å². The highest BCUT2D eigenvalue weighted by atomic mass is 16.3. The number of aromatic nitrogens is 3. The first-order chi connectivity index (χ1) is 25.3. The molecule has 2 heterocycles. The predicted molar refractivity (Wildman–Crippen MR) is 209 cm³/mol. The highest BCUT2D eigenvalue weighted by Crippen LogP contribution is 2.41. The van der Waals surface area contributed by atoms with Crippen molar-refractivity contribution in [2.24, 2.45) is 0 Å². The third-order valence-electron chi connectivity index (χ3n) is 9.77. The summed E-state index contributed by atoms with van der Waals surface area (Å²) in [6, 6.07) is 61.0. The second kappa shape index (κ2) is 11.9. The molecule has 8 aromatic carbocycles. The molecule has 0 amide bonds. The Morgan fingerprint density at radius 2 is 0.843 bits per heavy atom.